The topological polar surface area (TPSA) is 119 Å². The van der Waals surface area contributed by atoms with Crippen molar-refractivity contribution in [3.63, 3.8) is 0 Å². The molecule has 0 aromatic heterocycles. The van der Waals surface area contributed by atoms with Crippen LogP contribution >= 0.6 is 22.6 Å². The van der Waals surface area contributed by atoms with Crippen LogP contribution in [0.4, 0.5) is 21.9 Å². The van der Waals surface area contributed by atoms with Gasteiger partial charge in [-0.2, -0.15) is 0 Å². The number of carbonyl (C=O) groups is 3. The molecule has 10 nitrogen and oxygen atoms in total. The number of nitro benzene ring substituents is 1. The molecule has 0 atom stereocenters. The minimum Gasteiger partial charge on any atom is -0.490 e. The van der Waals surface area contributed by atoms with E-state index in [0.29, 0.717) is 44.0 Å². The number of aryl methyl sites for hydroxylation is 1. The van der Waals surface area contributed by atoms with E-state index in [9.17, 15) is 24.5 Å². The maximum Gasteiger partial charge on any atom is 0.343 e. The van der Waals surface area contributed by atoms with Crippen LogP contribution < -0.4 is 19.3 Å². The molecule has 1 aliphatic heterocycles. The zero-order valence-corrected chi connectivity index (χ0v) is 28.0. The monoisotopic (exact) mass is 753 g/mol. The van der Waals surface area contributed by atoms with Gasteiger partial charge < -0.3 is 9.47 Å². The Labute approximate surface area is 289 Å². The number of barbiturate groups is 1. The van der Waals surface area contributed by atoms with Crippen LogP contribution in [0.3, 0.4) is 0 Å². The van der Waals surface area contributed by atoms with Gasteiger partial charge in [0.05, 0.1) is 26.5 Å². The minimum absolute atomic E-state index is 0.0193. The maximum absolute atomic E-state index is 14.2. The van der Waals surface area contributed by atoms with E-state index in [-0.39, 0.29) is 17.9 Å². The van der Waals surface area contributed by atoms with Gasteiger partial charge in [-0.05, 0) is 101 Å². The summed E-state index contributed by atoms with van der Waals surface area (Å²) in [5.74, 6) is -0.688. The summed E-state index contributed by atoms with van der Waals surface area (Å²) in [5, 5.41) is 12.5. The molecule has 5 aromatic rings. The van der Waals surface area contributed by atoms with E-state index >= 15 is 0 Å². The van der Waals surface area contributed by atoms with Crippen molar-refractivity contribution in [3.05, 3.63) is 139 Å². The molecule has 0 radical (unpaired) electrons. The highest BCUT2D eigenvalue weighted by Crippen LogP contribution is 2.38. The first-order chi connectivity index (χ1) is 23.2. The second-order valence-corrected chi connectivity index (χ2v) is 12.1. The van der Waals surface area contributed by atoms with E-state index in [1.165, 1.54) is 18.2 Å². The number of urea groups is 1. The number of imide groups is 2. The summed E-state index contributed by atoms with van der Waals surface area (Å²) in [6, 6.07) is 28.4. The van der Waals surface area contributed by atoms with Gasteiger partial charge in [0.1, 0.15) is 12.2 Å². The van der Waals surface area contributed by atoms with Crippen LogP contribution in [0.1, 0.15) is 23.6 Å². The van der Waals surface area contributed by atoms with Crippen molar-refractivity contribution in [3.8, 4) is 11.5 Å². The smallest absolute Gasteiger partial charge is 0.343 e. The van der Waals surface area contributed by atoms with Crippen LogP contribution in [0.25, 0.3) is 16.8 Å². The predicted octanol–water partition coefficient (Wildman–Crippen LogP) is 8.22. The van der Waals surface area contributed by atoms with Crippen molar-refractivity contribution in [2.75, 3.05) is 16.4 Å². The molecule has 1 saturated heterocycles. The highest BCUT2D eigenvalue weighted by molar-refractivity contribution is 14.1. The third-order valence-electron chi connectivity index (χ3n) is 7.72. The summed E-state index contributed by atoms with van der Waals surface area (Å²) < 4.78 is 12.6. The number of nitro groups is 1. The van der Waals surface area contributed by atoms with E-state index in [4.69, 9.17) is 9.47 Å². The average Bonchev–Trinajstić information content (AvgIpc) is 3.07. The first kappa shape index (κ1) is 32.4. The lowest BCUT2D eigenvalue weighted by Gasteiger charge is -2.34. The molecule has 1 fully saturated rings. The molecule has 0 aliphatic carbocycles. The molecule has 0 bridgehead atoms. The van der Waals surface area contributed by atoms with E-state index in [2.05, 4.69) is 22.6 Å². The van der Waals surface area contributed by atoms with Crippen LogP contribution in [-0.4, -0.2) is 29.4 Å². The van der Waals surface area contributed by atoms with E-state index < -0.39 is 22.8 Å². The Morgan fingerprint density at radius 1 is 0.833 bits per heavy atom. The molecular formula is C37H28IN3O7. The molecule has 4 amide bonds. The first-order valence-electron chi connectivity index (χ1n) is 15.0. The van der Waals surface area contributed by atoms with Crippen molar-refractivity contribution in [1.82, 2.24) is 0 Å². The Morgan fingerprint density at radius 3 is 2.23 bits per heavy atom. The van der Waals surface area contributed by atoms with Crippen LogP contribution in [-0.2, 0) is 16.2 Å². The Morgan fingerprint density at radius 2 is 1.52 bits per heavy atom. The average molecular weight is 754 g/mol. The van der Waals surface area contributed by atoms with Crippen LogP contribution in [0, 0.1) is 20.6 Å². The first-order valence-corrected chi connectivity index (χ1v) is 16.1. The molecule has 0 spiro atoms. The summed E-state index contributed by atoms with van der Waals surface area (Å²) in [7, 11) is 0. The largest absolute Gasteiger partial charge is 0.490 e. The molecule has 11 heteroatoms. The zero-order chi connectivity index (χ0) is 33.9. The lowest BCUT2D eigenvalue weighted by atomic mass is 10.0. The number of halogens is 1. The number of fused-ring (bicyclic) bond motifs is 1. The third-order valence-corrected chi connectivity index (χ3v) is 8.52. The van der Waals surface area contributed by atoms with Gasteiger partial charge >= 0.3 is 6.03 Å². The SMILES string of the molecule is CCOc1cc(/C=C2\C(=O)N(c3ccc(C)cc3)C(=O)N(c3cccc4ccccc34)C2=O)cc(I)c1OCc1ccc([N+](=O)[O-])cc1. The van der Waals surface area contributed by atoms with Crippen LogP contribution in [0.15, 0.2) is 109 Å². The van der Waals surface area contributed by atoms with Crippen LogP contribution in [0.5, 0.6) is 11.5 Å². The molecule has 240 valence electrons. The van der Waals surface area contributed by atoms with Crippen molar-refractivity contribution < 1.29 is 28.8 Å². The lowest BCUT2D eigenvalue weighted by Crippen LogP contribution is -2.57. The molecule has 0 N–H and O–H groups in total. The number of ether oxygens (including phenoxy) is 2. The number of nitrogens with zero attached hydrogens (tertiary/aromatic N) is 3. The standard InChI is InChI=1S/C37H28IN3O7/c1-3-47-33-21-25(20-31(38)34(33)48-22-24-13-17-28(18-14-24)41(45)46)19-30-35(42)39(27-15-11-23(2)12-16-27)37(44)40(36(30)43)32-10-6-8-26-7-4-5-9-29(26)32/h4-21H,3,22H2,1-2H3/b30-19+. The number of rotatable bonds is 9. The summed E-state index contributed by atoms with van der Waals surface area (Å²) in [6.45, 7) is 4.16. The van der Waals surface area contributed by atoms with E-state index in [0.717, 1.165) is 26.3 Å². The van der Waals surface area contributed by atoms with Crippen molar-refractivity contribution in [2.45, 2.75) is 20.5 Å². The third kappa shape index (κ3) is 6.36. The molecule has 0 saturated carbocycles. The van der Waals surface area contributed by atoms with Gasteiger partial charge in [0.25, 0.3) is 17.5 Å². The minimum atomic E-state index is -0.776. The summed E-state index contributed by atoms with van der Waals surface area (Å²) in [5.41, 5.74) is 2.62. The Bertz CT molecular complexity index is 2110. The lowest BCUT2D eigenvalue weighted by molar-refractivity contribution is -0.384. The molecule has 0 unspecified atom stereocenters. The Kier molecular flexibility index (Phi) is 9.21. The normalized spacial score (nSPS) is 14.1. The van der Waals surface area contributed by atoms with Crippen molar-refractivity contribution in [1.29, 1.82) is 0 Å². The second kappa shape index (κ2) is 13.7. The van der Waals surface area contributed by atoms with Crippen molar-refractivity contribution in [2.24, 2.45) is 0 Å². The maximum atomic E-state index is 14.2. The predicted molar refractivity (Wildman–Crippen MR) is 191 cm³/mol. The van der Waals surface area contributed by atoms with Gasteiger partial charge in [0.2, 0.25) is 0 Å². The fraction of sp³-hybridized carbons (Fsp3) is 0.108. The zero-order valence-electron chi connectivity index (χ0n) is 25.9. The Balaban J connectivity index is 1.41. The number of non-ortho nitro benzene ring substituents is 1. The quantitative estimate of drug-likeness (QED) is 0.0489. The molecular weight excluding hydrogens is 725 g/mol. The van der Waals surface area contributed by atoms with Gasteiger partial charge in [0, 0.05) is 17.5 Å². The number of carbonyl (C=O) groups excluding carboxylic acids is 3. The molecule has 1 aliphatic rings. The number of amides is 4. The van der Waals surface area contributed by atoms with Crippen molar-refractivity contribution >= 4 is 74.3 Å². The fourth-order valence-electron chi connectivity index (χ4n) is 5.38. The van der Waals surface area contributed by atoms with Gasteiger partial charge in [-0.1, -0.05) is 54.1 Å². The number of hydrogen-bond acceptors (Lipinski definition) is 7. The van der Waals surface area contributed by atoms with E-state index in [1.807, 2.05) is 44.2 Å². The second-order valence-electron chi connectivity index (χ2n) is 10.9. The van der Waals surface area contributed by atoms with Gasteiger partial charge in [-0.15, -0.1) is 0 Å². The number of anilines is 2. The van der Waals surface area contributed by atoms with E-state index in [1.54, 1.807) is 60.7 Å². The molecule has 1 heterocycles. The summed E-state index contributed by atoms with van der Waals surface area (Å²) in [6.07, 6.45) is 1.46. The molecule has 6 rings (SSSR count). The Hall–Kier alpha value is -5.56. The highest BCUT2D eigenvalue weighted by Gasteiger charge is 2.44. The van der Waals surface area contributed by atoms with Crippen LogP contribution in [0.2, 0.25) is 0 Å². The van der Waals surface area contributed by atoms with Gasteiger partial charge in [0.15, 0.2) is 11.5 Å². The number of benzene rings is 5. The van der Waals surface area contributed by atoms with Gasteiger partial charge in [-0.3, -0.25) is 19.7 Å². The highest BCUT2D eigenvalue weighted by atomic mass is 127. The van der Waals surface area contributed by atoms with Gasteiger partial charge in [-0.25, -0.2) is 14.6 Å². The molecule has 48 heavy (non-hydrogen) atoms. The summed E-state index contributed by atoms with van der Waals surface area (Å²) in [4.78, 5) is 54.9. The number of hydrogen-bond donors (Lipinski definition) is 0. The molecule has 5 aromatic carbocycles. The summed E-state index contributed by atoms with van der Waals surface area (Å²) >= 11 is 2.09. The fourth-order valence-corrected chi connectivity index (χ4v) is 6.16.